The van der Waals surface area contributed by atoms with E-state index in [-0.39, 0.29) is 11.7 Å². The zero-order valence-electron chi connectivity index (χ0n) is 14.6. The molecule has 0 atom stereocenters. The van der Waals surface area contributed by atoms with Crippen molar-refractivity contribution in [2.45, 2.75) is 13.0 Å². The van der Waals surface area contributed by atoms with E-state index >= 15 is 0 Å². The maximum atomic E-state index is 13.4. The number of methoxy groups -OCH3 is 1. The lowest BCUT2D eigenvalue weighted by Crippen LogP contribution is -2.35. The molecule has 3 rings (SSSR count). The van der Waals surface area contributed by atoms with Crippen LogP contribution in [0.3, 0.4) is 0 Å². The fourth-order valence-corrected chi connectivity index (χ4v) is 3.11. The van der Waals surface area contributed by atoms with Gasteiger partial charge in [-0.2, -0.15) is 0 Å². The molecule has 0 saturated carbocycles. The van der Waals surface area contributed by atoms with E-state index in [1.165, 1.54) is 25.5 Å². The Balaban J connectivity index is 1.63. The number of rotatable bonds is 4. The van der Waals surface area contributed by atoms with Crippen molar-refractivity contribution in [1.29, 1.82) is 0 Å². The minimum atomic E-state index is -0.497. The molecule has 0 aliphatic carbocycles. The summed E-state index contributed by atoms with van der Waals surface area (Å²) < 4.78 is 23.3. The lowest BCUT2D eigenvalue weighted by molar-refractivity contribution is 0.0561. The van der Waals surface area contributed by atoms with Gasteiger partial charge in [0.15, 0.2) is 0 Å². The van der Waals surface area contributed by atoms with Gasteiger partial charge in [-0.15, -0.1) is 0 Å². The number of hydrogen-bond donors (Lipinski definition) is 0. The first-order valence-corrected chi connectivity index (χ1v) is 8.50. The molecule has 0 bridgehead atoms. The van der Waals surface area contributed by atoms with Crippen LogP contribution in [0.2, 0.25) is 0 Å². The van der Waals surface area contributed by atoms with Crippen LogP contribution in [-0.2, 0) is 11.3 Å². The molecule has 2 heterocycles. The minimum Gasteiger partial charge on any atom is -0.463 e. The van der Waals surface area contributed by atoms with Gasteiger partial charge in [-0.1, -0.05) is 6.07 Å². The number of benzene rings is 1. The van der Waals surface area contributed by atoms with E-state index < -0.39 is 11.8 Å². The first-order chi connectivity index (χ1) is 12.6. The Morgan fingerprint density at radius 3 is 2.81 bits per heavy atom. The van der Waals surface area contributed by atoms with Crippen molar-refractivity contribution in [3.8, 4) is 0 Å². The molecule has 0 spiro atoms. The second-order valence-electron chi connectivity index (χ2n) is 6.20. The number of nitrogens with zero attached hydrogens (tertiary/aromatic N) is 2. The van der Waals surface area contributed by atoms with Crippen LogP contribution in [0.4, 0.5) is 4.39 Å². The summed E-state index contributed by atoms with van der Waals surface area (Å²) in [5.41, 5.74) is 1.13. The molecule has 1 aromatic heterocycles. The zero-order valence-corrected chi connectivity index (χ0v) is 14.6. The van der Waals surface area contributed by atoms with Crippen LogP contribution >= 0.6 is 0 Å². The molecule has 1 fully saturated rings. The zero-order chi connectivity index (χ0) is 18.5. The quantitative estimate of drug-likeness (QED) is 0.784. The molecule has 1 aromatic carbocycles. The molecule has 0 unspecified atom stereocenters. The Morgan fingerprint density at radius 2 is 2.04 bits per heavy atom. The van der Waals surface area contributed by atoms with Gasteiger partial charge in [-0.3, -0.25) is 9.69 Å². The monoisotopic (exact) mass is 360 g/mol. The molecule has 1 aliphatic heterocycles. The van der Waals surface area contributed by atoms with Crippen LogP contribution in [0.15, 0.2) is 41.0 Å². The molecular weight excluding hydrogens is 339 g/mol. The van der Waals surface area contributed by atoms with Crippen molar-refractivity contribution in [1.82, 2.24) is 9.80 Å². The summed E-state index contributed by atoms with van der Waals surface area (Å²) in [5, 5.41) is 0. The molecule has 0 N–H and O–H groups in total. The number of esters is 1. The van der Waals surface area contributed by atoms with Gasteiger partial charge >= 0.3 is 5.97 Å². The highest BCUT2D eigenvalue weighted by Crippen LogP contribution is 2.17. The van der Waals surface area contributed by atoms with Crippen molar-refractivity contribution < 1.29 is 23.1 Å². The molecule has 138 valence electrons. The van der Waals surface area contributed by atoms with E-state index in [4.69, 9.17) is 9.15 Å². The summed E-state index contributed by atoms with van der Waals surface area (Å²) in [6, 6.07) is 7.51. The number of hydrogen-bond acceptors (Lipinski definition) is 5. The number of halogens is 1. The predicted octanol–water partition coefficient (Wildman–Crippen LogP) is 2.55. The largest absolute Gasteiger partial charge is 0.463 e. The van der Waals surface area contributed by atoms with E-state index in [2.05, 4.69) is 4.90 Å². The number of furan rings is 1. The van der Waals surface area contributed by atoms with Gasteiger partial charge in [-0.05, 0) is 30.7 Å². The number of ether oxygens (including phenoxy) is 1. The van der Waals surface area contributed by atoms with Gasteiger partial charge in [0.2, 0.25) is 5.76 Å². The highest BCUT2D eigenvalue weighted by atomic mass is 19.1. The van der Waals surface area contributed by atoms with Gasteiger partial charge in [-0.25, -0.2) is 9.18 Å². The third-order valence-corrected chi connectivity index (χ3v) is 4.46. The maximum absolute atomic E-state index is 13.4. The summed E-state index contributed by atoms with van der Waals surface area (Å²) in [4.78, 5) is 28.2. The molecule has 1 amide bonds. The molecule has 2 aromatic rings. The molecule has 1 saturated heterocycles. The smallest absolute Gasteiger partial charge is 0.374 e. The molecule has 1 aliphatic rings. The van der Waals surface area contributed by atoms with Crippen LogP contribution in [0.1, 0.15) is 32.9 Å². The van der Waals surface area contributed by atoms with Crippen LogP contribution in [0.5, 0.6) is 0 Å². The first kappa shape index (κ1) is 18.1. The van der Waals surface area contributed by atoms with Crippen LogP contribution in [0.25, 0.3) is 0 Å². The average Bonchev–Trinajstić information content (AvgIpc) is 2.98. The summed E-state index contributed by atoms with van der Waals surface area (Å²) in [6.07, 6.45) is 2.27. The summed E-state index contributed by atoms with van der Waals surface area (Å²) in [6.45, 7) is 3.15. The minimum absolute atomic E-state index is 0.162. The molecule has 7 heteroatoms. The van der Waals surface area contributed by atoms with Crippen LogP contribution in [0, 0.1) is 5.82 Å². The van der Waals surface area contributed by atoms with Gasteiger partial charge in [0.25, 0.3) is 5.91 Å². The van der Waals surface area contributed by atoms with Crippen molar-refractivity contribution >= 4 is 11.9 Å². The fourth-order valence-electron chi connectivity index (χ4n) is 3.11. The Morgan fingerprint density at radius 1 is 1.19 bits per heavy atom. The van der Waals surface area contributed by atoms with E-state index in [1.54, 1.807) is 23.1 Å². The highest BCUT2D eigenvalue weighted by Gasteiger charge is 2.23. The highest BCUT2D eigenvalue weighted by molar-refractivity contribution is 5.94. The Labute approximate surface area is 151 Å². The van der Waals surface area contributed by atoms with Gasteiger partial charge in [0.1, 0.15) is 5.82 Å². The standard InChI is InChI=1S/C19H21FN2O4/c1-25-19(24)17-15(6-11-26-17)13-21-7-3-8-22(10-9-21)18(23)14-4-2-5-16(20)12-14/h2,4-6,11-12H,3,7-10,13H2,1H3. The molecule has 0 radical (unpaired) electrons. The van der Waals surface area contributed by atoms with Gasteiger partial charge < -0.3 is 14.1 Å². The first-order valence-electron chi connectivity index (χ1n) is 8.50. The van der Waals surface area contributed by atoms with E-state index in [0.717, 1.165) is 18.5 Å². The Bertz CT molecular complexity index is 789. The molecular formula is C19H21FN2O4. The van der Waals surface area contributed by atoms with Gasteiger partial charge in [0.05, 0.1) is 13.4 Å². The molecule has 26 heavy (non-hydrogen) atoms. The summed E-state index contributed by atoms with van der Waals surface area (Å²) >= 11 is 0. The second-order valence-corrected chi connectivity index (χ2v) is 6.20. The maximum Gasteiger partial charge on any atom is 0.374 e. The third-order valence-electron chi connectivity index (χ3n) is 4.46. The SMILES string of the molecule is COC(=O)c1occc1CN1CCCN(C(=O)c2cccc(F)c2)CC1. The number of carbonyl (C=O) groups is 2. The van der Waals surface area contributed by atoms with Crippen LogP contribution < -0.4 is 0 Å². The van der Waals surface area contributed by atoms with Crippen molar-refractivity contribution in [3.05, 3.63) is 59.3 Å². The summed E-state index contributed by atoms with van der Waals surface area (Å²) in [7, 11) is 1.32. The average molecular weight is 360 g/mol. The lowest BCUT2D eigenvalue weighted by Gasteiger charge is -2.22. The summed E-state index contributed by atoms with van der Waals surface area (Å²) in [5.74, 6) is -0.861. The number of carbonyl (C=O) groups excluding carboxylic acids is 2. The van der Waals surface area contributed by atoms with E-state index in [1.807, 2.05) is 0 Å². The van der Waals surface area contributed by atoms with E-state index in [9.17, 15) is 14.0 Å². The predicted molar refractivity (Wildman–Crippen MR) is 92.2 cm³/mol. The number of amides is 1. The lowest BCUT2D eigenvalue weighted by atomic mass is 10.2. The Hall–Kier alpha value is -2.67. The fraction of sp³-hybridized carbons (Fsp3) is 0.368. The third kappa shape index (κ3) is 4.11. The normalized spacial score (nSPS) is 15.5. The Kier molecular flexibility index (Phi) is 5.68. The van der Waals surface area contributed by atoms with E-state index in [0.29, 0.717) is 31.7 Å². The second kappa shape index (κ2) is 8.14. The van der Waals surface area contributed by atoms with Crippen molar-refractivity contribution in [2.24, 2.45) is 0 Å². The van der Waals surface area contributed by atoms with Crippen molar-refractivity contribution in [3.63, 3.8) is 0 Å². The topological polar surface area (TPSA) is 63.0 Å². The van der Waals surface area contributed by atoms with Crippen LogP contribution in [-0.4, -0.2) is 55.0 Å². The van der Waals surface area contributed by atoms with Gasteiger partial charge in [0, 0.05) is 43.9 Å². The molecule has 6 nitrogen and oxygen atoms in total. The van der Waals surface area contributed by atoms with Crippen molar-refractivity contribution in [2.75, 3.05) is 33.3 Å².